The molecule has 0 radical (unpaired) electrons. The molecule has 0 spiro atoms. The second-order valence-electron chi connectivity index (χ2n) is 7.23. The smallest absolute Gasteiger partial charge is 0.289 e. The van der Waals surface area contributed by atoms with Crippen LogP contribution in [0, 0.1) is 0 Å². The van der Waals surface area contributed by atoms with Crippen LogP contribution in [0.15, 0.2) is 47.0 Å². The Morgan fingerprint density at radius 2 is 1.96 bits per heavy atom. The molecule has 2 fully saturated rings. The van der Waals surface area contributed by atoms with E-state index in [1.807, 2.05) is 30.3 Å². The lowest BCUT2D eigenvalue weighted by Crippen LogP contribution is -2.42. The Balaban J connectivity index is 1.34. The molecule has 7 heteroatoms. The van der Waals surface area contributed by atoms with E-state index in [2.05, 4.69) is 9.88 Å². The lowest BCUT2D eigenvalue weighted by Gasteiger charge is -2.32. The van der Waals surface area contributed by atoms with Crippen molar-refractivity contribution in [1.82, 2.24) is 14.9 Å². The first kappa shape index (κ1) is 17.2. The number of hydrogen-bond donors (Lipinski definition) is 0. The Labute approximate surface area is 162 Å². The number of hydrogen-bond acceptors (Lipinski definition) is 6. The zero-order valence-electron chi connectivity index (χ0n) is 15.6. The number of furan rings is 1. The fourth-order valence-corrected chi connectivity index (χ4v) is 3.87. The lowest BCUT2D eigenvalue weighted by atomic mass is 10.2. The Kier molecular flexibility index (Phi) is 4.44. The van der Waals surface area contributed by atoms with E-state index in [-0.39, 0.29) is 12.0 Å². The third kappa shape index (κ3) is 3.22. The molecular weight excluding hydrogens is 356 g/mol. The van der Waals surface area contributed by atoms with Crippen LogP contribution in [0.2, 0.25) is 0 Å². The molecule has 2 aliphatic rings. The van der Waals surface area contributed by atoms with Crippen LogP contribution in [-0.4, -0.2) is 53.6 Å². The number of nitrogens with zero attached hydrogens (tertiary/aromatic N) is 4. The van der Waals surface area contributed by atoms with Gasteiger partial charge in [0.15, 0.2) is 5.76 Å². The van der Waals surface area contributed by atoms with Crippen molar-refractivity contribution in [3.63, 3.8) is 0 Å². The predicted molar refractivity (Wildman–Crippen MR) is 104 cm³/mol. The number of aromatic nitrogens is 2. The summed E-state index contributed by atoms with van der Waals surface area (Å²) in [6.07, 6.45) is 3.87. The molecule has 1 atom stereocenters. The van der Waals surface area contributed by atoms with Crippen molar-refractivity contribution >= 4 is 22.8 Å². The van der Waals surface area contributed by atoms with Crippen molar-refractivity contribution in [2.75, 3.05) is 37.7 Å². The zero-order valence-corrected chi connectivity index (χ0v) is 15.6. The van der Waals surface area contributed by atoms with Gasteiger partial charge in [-0.05, 0) is 31.0 Å². The normalized spacial score (nSPS) is 20.1. The highest BCUT2D eigenvalue weighted by Crippen LogP contribution is 2.26. The average molecular weight is 378 g/mol. The highest BCUT2D eigenvalue weighted by atomic mass is 16.5. The molecule has 4 heterocycles. The number of carbonyl (C=O) groups excluding carboxylic acids is 1. The summed E-state index contributed by atoms with van der Waals surface area (Å²) < 4.78 is 11.7. The molecule has 28 heavy (non-hydrogen) atoms. The third-order valence-corrected chi connectivity index (χ3v) is 5.37. The number of rotatable bonds is 3. The van der Waals surface area contributed by atoms with Crippen molar-refractivity contribution in [1.29, 1.82) is 0 Å². The molecule has 0 N–H and O–H groups in total. The van der Waals surface area contributed by atoms with Crippen molar-refractivity contribution in [3.8, 4) is 0 Å². The Morgan fingerprint density at radius 1 is 1.11 bits per heavy atom. The Morgan fingerprint density at radius 3 is 2.82 bits per heavy atom. The predicted octanol–water partition coefficient (Wildman–Crippen LogP) is 3.04. The first-order valence-electron chi connectivity index (χ1n) is 9.75. The van der Waals surface area contributed by atoms with Gasteiger partial charge in [0.2, 0.25) is 5.95 Å². The molecule has 2 aliphatic heterocycles. The van der Waals surface area contributed by atoms with Crippen LogP contribution >= 0.6 is 0 Å². The molecule has 144 valence electrons. The van der Waals surface area contributed by atoms with Crippen molar-refractivity contribution in [3.05, 3.63) is 54.0 Å². The molecule has 2 aromatic heterocycles. The van der Waals surface area contributed by atoms with Gasteiger partial charge in [0.1, 0.15) is 11.7 Å². The molecule has 1 amide bonds. The van der Waals surface area contributed by atoms with Crippen LogP contribution in [0.25, 0.3) is 11.0 Å². The number of fused-ring (bicyclic) bond motifs is 1. The number of anilines is 1. The van der Waals surface area contributed by atoms with E-state index in [1.54, 1.807) is 17.2 Å². The van der Waals surface area contributed by atoms with Crippen LogP contribution < -0.4 is 4.90 Å². The quantitative estimate of drug-likeness (QED) is 0.698. The van der Waals surface area contributed by atoms with Crippen LogP contribution in [-0.2, 0) is 4.74 Å². The number of morpholine rings is 1. The average Bonchev–Trinajstić information content (AvgIpc) is 3.43. The highest BCUT2D eigenvalue weighted by molar-refractivity contribution is 5.96. The SMILES string of the molecule is O=C(c1cc2ccccc2o1)N1CCO[C@@H](c2ccnc(N3CCCC3)n2)C1. The second-order valence-corrected chi connectivity index (χ2v) is 7.23. The first-order chi connectivity index (χ1) is 13.8. The summed E-state index contributed by atoms with van der Waals surface area (Å²) in [7, 11) is 0. The summed E-state index contributed by atoms with van der Waals surface area (Å²) in [5.74, 6) is 1.000. The molecule has 0 aliphatic carbocycles. The maximum absolute atomic E-state index is 13.0. The van der Waals surface area contributed by atoms with E-state index in [0.717, 1.165) is 35.7 Å². The number of amides is 1. The van der Waals surface area contributed by atoms with Gasteiger partial charge in [-0.1, -0.05) is 18.2 Å². The summed E-state index contributed by atoms with van der Waals surface area (Å²) >= 11 is 0. The summed E-state index contributed by atoms with van der Waals surface area (Å²) in [4.78, 5) is 26.1. The minimum absolute atomic E-state index is 0.113. The van der Waals surface area contributed by atoms with E-state index >= 15 is 0 Å². The molecule has 5 rings (SSSR count). The molecule has 0 saturated carbocycles. The van der Waals surface area contributed by atoms with Crippen molar-refractivity contribution < 1.29 is 13.9 Å². The van der Waals surface area contributed by atoms with E-state index in [0.29, 0.717) is 25.5 Å². The van der Waals surface area contributed by atoms with E-state index in [9.17, 15) is 4.79 Å². The van der Waals surface area contributed by atoms with Gasteiger partial charge in [-0.15, -0.1) is 0 Å². The molecule has 0 unspecified atom stereocenters. The van der Waals surface area contributed by atoms with Crippen molar-refractivity contribution in [2.24, 2.45) is 0 Å². The topological polar surface area (TPSA) is 71.7 Å². The van der Waals surface area contributed by atoms with E-state index in [1.165, 1.54) is 12.8 Å². The van der Waals surface area contributed by atoms with Gasteiger partial charge in [-0.2, -0.15) is 0 Å². The fraction of sp³-hybridized carbons (Fsp3) is 0.381. The maximum atomic E-state index is 13.0. The van der Waals surface area contributed by atoms with E-state index in [4.69, 9.17) is 14.1 Å². The van der Waals surface area contributed by atoms with Gasteiger partial charge in [-0.3, -0.25) is 4.79 Å². The minimum atomic E-state index is -0.258. The van der Waals surface area contributed by atoms with Gasteiger partial charge in [-0.25, -0.2) is 9.97 Å². The van der Waals surface area contributed by atoms with Crippen LogP contribution in [0.4, 0.5) is 5.95 Å². The summed E-state index contributed by atoms with van der Waals surface area (Å²) in [5.41, 5.74) is 1.54. The number of benzene rings is 1. The molecule has 2 saturated heterocycles. The Bertz CT molecular complexity index is 963. The zero-order chi connectivity index (χ0) is 18.9. The first-order valence-corrected chi connectivity index (χ1v) is 9.75. The van der Waals surface area contributed by atoms with E-state index < -0.39 is 0 Å². The van der Waals surface area contributed by atoms with Crippen LogP contribution in [0.1, 0.15) is 35.2 Å². The standard InChI is InChI=1S/C21H22N4O3/c26-20(18-13-15-5-1-2-6-17(15)28-18)25-11-12-27-19(14-25)16-7-8-22-21(23-16)24-9-3-4-10-24/h1-2,5-8,13,19H,3-4,9-12,14H2/t19-/m1/s1. The van der Waals surface area contributed by atoms with Crippen molar-refractivity contribution in [2.45, 2.75) is 18.9 Å². The second kappa shape index (κ2) is 7.24. The number of para-hydroxylation sites is 1. The molecule has 7 nitrogen and oxygen atoms in total. The van der Waals surface area contributed by atoms with Gasteiger partial charge >= 0.3 is 0 Å². The maximum Gasteiger partial charge on any atom is 0.289 e. The Hall–Kier alpha value is -2.93. The van der Waals surface area contributed by atoms with Gasteiger partial charge in [0.25, 0.3) is 5.91 Å². The number of carbonyl (C=O) groups is 1. The van der Waals surface area contributed by atoms with Gasteiger partial charge in [0, 0.05) is 31.2 Å². The molecular formula is C21H22N4O3. The minimum Gasteiger partial charge on any atom is -0.451 e. The van der Waals surface area contributed by atoms with Crippen LogP contribution in [0.5, 0.6) is 0 Å². The summed E-state index contributed by atoms with van der Waals surface area (Å²) in [6.45, 7) is 3.44. The van der Waals surface area contributed by atoms with Gasteiger partial charge < -0.3 is 19.0 Å². The highest BCUT2D eigenvalue weighted by Gasteiger charge is 2.29. The third-order valence-electron chi connectivity index (χ3n) is 5.37. The summed E-state index contributed by atoms with van der Waals surface area (Å²) in [6, 6.07) is 11.3. The van der Waals surface area contributed by atoms with Gasteiger partial charge in [0.05, 0.1) is 18.8 Å². The largest absolute Gasteiger partial charge is 0.451 e. The molecule has 1 aromatic carbocycles. The fourth-order valence-electron chi connectivity index (χ4n) is 3.87. The number of ether oxygens (including phenoxy) is 1. The lowest BCUT2D eigenvalue weighted by molar-refractivity contribution is -0.0256. The molecule has 3 aromatic rings. The van der Waals surface area contributed by atoms with Crippen LogP contribution in [0.3, 0.4) is 0 Å². The monoisotopic (exact) mass is 378 g/mol. The summed E-state index contributed by atoms with van der Waals surface area (Å²) in [5, 5.41) is 0.932. The molecule has 0 bridgehead atoms.